The van der Waals surface area contributed by atoms with Crippen LogP contribution < -0.4 is 0 Å². The Morgan fingerprint density at radius 1 is 1.17 bits per heavy atom. The summed E-state index contributed by atoms with van der Waals surface area (Å²) in [6.07, 6.45) is 0. The predicted molar refractivity (Wildman–Crippen MR) is 51.2 cm³/mol. The van der Waals surface area contributed by atoms with E-state index in [1.807, 2.05) is 0 Å². The van der Waals surface area contributed by atoms with Crippen LogP contribution in [0.15, 0.2) is 0 Å². The summed E-state index contributed by atoms with van der Waals surface area (Å²) in [5.74, 6) is -0.833. The highest BCUT2D eigenvalue weighted by atomic mass is 35.6. The maximum Gasteiger partial charge on any atom is 0.300 e. The van der Waals surface area contributed by atoms with Crippen LogP contribution in [-0.4, -0.2) is 32.0 Å². The van der Waals surface area contributed by atoms with Crippen LogP contribution in [0.3, 0.4) is 0 Å². The van der Waals surface area contributed by atoms with Gasteiger partial charge in [-0.25, -0.2) is 0 Å². The number of aliphatic carboxylic acids is 1. The molecule has 0 fully saturated rings. The summed E-state index contributed by atoms with van der Waals surface area (Å²) in [4.78, 5) is 9.00. The number of carboxylic acids is 1. The molecule has 0 saturated carbocycles. The first-order valence-corrected chi connectivity index (χ1v) is 3.64. The van der Waals surface area contributed by atoms with Gasteiger partial charge in [-0.2, -0.15) is 0 Å². The molecule has 4 N–H and O–H groups in total. The molecule has 0 bridgehead atoms. The molecule has 8 heteroatoms. The van der Waals surface area contributed by atoms with Gasteiger partial charge in [0.1, 0.15) is 0 Å². The van der Waals surface area contributed by atoms with E-state index in [1.54, 1.807) is 0 Å². The van der Waals surface area contributed by atoms with E-state index in [9.17, 15) is 0 Å². The third-order valence-electron chi connectivity index (χ3n) is 0. The average molecular weight is 264 g/mol. The number of hydrogen-bond acceptors (Lipinski definition) is 2. The maximum atomic E-state index is 9.00. The molecule has 12 heavy (non-hydrogen) atoms. The van der Waals surface area contributed by atoms with Crippen LogP contribution in [0.1, 0.15) is 6.92 Å². The molecule has 0 aromatic carbocycles. The van der Waals surface area contributed by atoms with Crippen LogP contribution in [0.25, 0.3) is 0 Å². The summed E-state index contributed by atoms with van der Waals surface area (Å²) in [5, 5.41) is 14.4. The second-order valence-corrected chi connectivity index (χ2v) is 4.38. The summed E-state index contributed by atoms with van der Waals surface area (Å²) < 4.78 is -1.61. The first-order valence-electron chi connectivity index (χ1n) is 2.13. The fourth-order valence-corrected chi connectivity index (χ4v) is 0. The molecular formula is C4H10Cl4O4. The highest BCUT2D eigenvalue weighted by Gasteiger charge is 2.11. The zero-order chi connectivity index (χ0) is 10.1. The van der Waals surface area contributed by atoms with Gasteiger partial charge < -0.3 is 15.7 Å². The van der Waals surface area contributed by atoms with Crippen molar-refractivity contribution in [2.75, 3.05) is 7.11 Å². The highest BCUT2D eigenvalue weighted by Crippen LogP contribution is 2.29. The van der Waals surface area contributed by atoms with E-state index in [0.717, 1.165) is 14.0 Å². The quantitative estimate of drug-likeness (QED) is 0.648. The molecule has 0 unspecified atom stereocenters. The molecule has 78 valence electrons. The number of carbonyl (C=O) groups is 1. The van der Waals surface area contributed by atoms with Crippen molar-refractivity contribution in [1.82, 2.24) is 0 Å². The van der Waals surface area contributed by atoms with Crippen LogP contribution in [-0.2, 0) is 4.79 Å². The van der Waals surface area contributed by atoms with Crippen LogP contribution in [0.5, 0.6) is 0 Å². The van der Waals surface area contributed by atoms with E-state index in [0.29, 0.717) is 0 Å². The van der Waals surface area contributed by atoms with Crippen molar-refractivity contribution in [2.24, 2.45) is 0 Å². The molecule has 0 aliphatic carbocycles. The predicted octanol–water partition coefficient (Wildman–Crippen LogP) is 1.43. The molecule has 0 radical (unpaired) electrons. The number of aliphatic hydroxyl groups excluding tert-OH is 1. The molecule has 0 rings (SSSR count). The summed E-state index contributed by atoms with van der Waals surface area (Å²) in [7, 11) is 1.00. The van der Waals surface area contributed by atoms with Crippen LogP contribution in [0.2, 0.25) is 0 Å². The molecular weight excluding hydrogens is 254 g/mol. The van der Waals surface area contributed by atoms with Gasteiger partial charge in [0.25, 0.3) is 9.22 Å². The molecule has 0 aromatic heterocycles. The van der Waals surface area contributed by atoms with Crippen molar-refractivity contribution in [2.45, 2.75) is 10.2 Å². The van der Waals surface area contributed by atoms with Crippen molar-refractivity contribution >= 4 is 52.4 Å². The molecule has 0 aromatic rings. The number of carboxylic acid groups (broad SMARTS) is 1. The Bertz CT molecular complexity index is 81.5. The Kier molecular flexibility index (Phi) is 26.9. The summed E-state index contributed by atoms with van der Waals surface area (Å²) in [5.41, 5.74) is 0. The van der Waals surface area contributed by atoms with Gasteiger partial charge >= 0.3 is 0 Å². The van der Waals surface area contributed by atoms with Gasteiger partial charge in [0.05, 0.1) is 0 Å². The number of aliphatic hydroxyl groups is 1. The van der Waals surface area contributed by atoms with Crippen molar-refractivity contribution in [3.63, 3.8) is 0 Å². The summed E-state index contributed by atoms with van der Waals surface area (Å²) >= 11 is 19.3. The third-order valence-corrected chi connectivity index (χ3v) is 0. The minimum Gasteiger partial charge on any atom is -0.481 e. The van der Waals surface area contributed by atoms with Crippen LogP contribution in [0, 0.1) is 0 Å². The molecule has 0 saturated heterocycles. The smallest absolute Gasteiger partial charge is 0.300 e. The van der Waals surface area contributed by atoms with Gasteiger partial charge in [0.15, 0.2) is 0 Å². The third kappa shape index (κ3) is 3180. The maximum absolute atomic E-state index is 9.00. The first-order chi connectivity index (χ1) is 4.73. The lowest BCUT2D eigenvalue weighted by molar-refractivity contribution is -0.134. The number of hydrogen-bond donors (Lipinski definition) is 2. The SMILES string of the molecule is CC(=O)O.CO.ClC(Cl)(Cl)Cl.O. The van der Waals surface area contributed by atoms with Gasteiger partial charge in [0, 0.05) is 14.0 Å². The molecule has 0 heterocycles. The van der Waals surface area contributed by atoms with E-state index in [4.69, 9.17) is 61.4 Å². The first kappa shape index (κ1) is 22.9. The Balaban J connectivity index is -0.0000000419. The van der Waals surface area contributed by atoms with Crippen LogP contribution in [0.4, 0.5) is 0 Å². The second kappa shape index (κ2) is 14.1. The van der Waals surface area contributed by atoms with E-state index < -0.39 is 9.22 Å². The monoisotopic (exact) mass is 262 g/mol. The molecule has 0 aliphatic heterocycles. The van der Waals surface area contributed by atoms with Crippen molar-refractivity contribution in [1.29, 1.82) is 0 Å². The largest absolute Gasteiger partial charge is 0.481 e. The van der Waals surface area contributed by atoms with E-state index in [1.165, 1.54) is 0 Å². The van der Waals surface area contributed by atoms with Crippen molar-refractivity contribution in [3.8, 4) is 0 Å². The van der Waals surface area contributed by atoms with Crippen molar-refractivity contribution in [3.05, 3.63) is 0 Å². The lowest BCUT2D eigenvalue weighted by atomic mass is 10.9. The molecule has 0 amide bonds. The molecule has 0 atom stereocenters. The number of halogens is 4. The normalized spacial score (nSPS) is 7.58. The van der Waals surface area contributed by atoms with Crippen LogP contribution >= 0.6 is 46.4 Å². The average Bonchev–Trinajstić information content (AvgIpc) is 1.63. The fourth-order valence-electron chi connectivity index (χ4n) is 0. The summed E-state index contributed by atoms with van der Waals surface area (Å²) in [6, 6.07) is 0. The Hall–Kier alpha value is 0.550. The van der Waals surface area contributed by atoms with E-state index in [2.05, 4.69) is 0 Å². The summed E-state index contributed by atoms with van der Waals surface area (Å²) in [6.45, 7) is 1.08. The molecule has 4 nitrogen and oxygen atoms in total. The lowest BCUT2D eigenvalue weighted by Crippen LogP contribution is -1.81. The second-order valence-electron chi connectivity index (χ2n) is 0.948. The Labute approximate surface area is 90.3 Å². The Morgan fingerprint density at radius 3 is 1.17 bits per heavy atom. The van der Waals surface area contributed by atoms with Crippen molar-refractivity contribution < 1.29 is 20.5 Å². The van der Waals surface area contributed by atoms with Gasteiger partial charge in [-0.3, -0.25) is 4.79 Å². The fraction of sp³-hybridized carbons (Fsp3) is 0.750. The standard InChI is InChI=1S/C2H4O2.CCl4.CH4O.H2O/c1-2(3)4;2-1(3,4)5;1-2;/h1H3,(H,3,4);;2H,1H3;1H2. The van der Waals surface area contributed by atoms with Gasteiger partial charge in [0.2, 0.25) is 0 Å². The minimum atomic E-state index is -1.61. The van der Waals surface area contributed by atoms with Gasteiger partial charge in [-0.05, 0) is 0 Å². The van der Waals surface area contributed by atoms with Gasteiger partial charge in [-0.1, -0.05) is 46.4 Å². The zero-order valence-electron chi connectivity index (χ0n) is 6.31. The highest BCUT2D eigenvalue weighted by molar-refractivity contribution is 6.83. The minimum absolute atomic E-state index is 0. The number of alkyl halides is 4. The molecule has 0 spiro atoms. The zero-order valence-corrected chi connectivity index (χ0v) is 9.34. The Morgan fingerprint density at radius 2 is 1.17 bits per heavy atom. The lowest BCUT2D eigenvalue weighted by Gasteiger charge is -1.91. The van der Waals surface area contributed by atoms with E-state index >= 15 is 0 Å². The number of rotatable bonds is 0. The van der Waals surface area contributed by atoms with Gasteiger partial charge in [-0.15, -0.1) is 0 Å². The topological polar surface area (TPSA) is 89.0 Å². The molecule has 0 aliphatic rings. The van der Waals surface area contributed by atoms with E-state index in [-0.39, 0.29) is 5.48 Å².